The smallest absolute Gasteiger partial charge is 0.243 e. The molecule has 0 radical (unpaired) electrons. The zero-order valence-electron chi connectivity index (χ0n) is 14.3. The van der Waals surface area contributed by atoms with Crippen LogP contribution in [-0.4, -0.2) is 49.0 Å². The van der Waals surface area contributed by atoms with Crippen LogP contribution in [-0.2, 0) is 16.6 Å². The third-order valence-electron chi connectivity index (χ3n) is 4.61. The zero-order valence-corrected chi connectivity index (χ0v) is 15.1. The average molecular weight is 349 g/mol. The predicted octanol–water partition coefficient (Wildman–Crippen LogP) is 2.11. The van der Waals surface area contributed by atoms with Gasteiger partial charge in [0.2, 0.25) is 10.0 Å². The largest absolute Gasteiger partial charge is 0.361 e. The van der Waals surface area contributed by atoms with E-state index in [4.69, 9.17) is 4.52 Å². The molecule has 2 aromatic rings. The minimum Gasteiger partial charge on any atom is -0.361 e. The highest BCUT2D eigenvalue weighted by molar-refractivity contribution is 7.89. The molecule has 1 fully saturated rings. The summed E-state index contributed by atoms with van der Waals surface area (Å²) in [4.78, 5) is 2.65. The van der Waals surface area contributed by atoms with E-state index in [-0.39, 0.29) is 0 Å². The summed E-state index contributed by atoms with van der Waals surface area (Å²) in [6.07, 6.45) is 0. The first-order chi connectivity index (χ1) is 11.4. The first kappa shape index (κ1) is 17.1. The van der Waals surface area contributed by atoms with Crippen LogP contribution in [0.3, 0.4) is 0 Å². The standard InChI is InChI=1S/C17H23N3O3S/c1-13-6-4-5-7-17(13)24(21,22)20-10-8-19(9-11-20)12-16-14(2)18-23-15(16)3/h4-7H,8-12H2,1-3H3. The van der Waals surface area contributed by atoms with E-state index in [1.54, 1.807) is 16.4 Å². The van der Waals surface area contributed by atoms with Gasteiger partial charge >= 0.3 is 0 Å². The van der Waals surface area contributed by atoms with E-state index in [9.17, 15) is 8.42 Å². The molecule has 1 aromatic heterocycles. The second kappa shape index (κ2) is 6.66. The van der Waals surface area contributed by atoms with Crippen molar-refractivity contribution in [2.75, 3.05) is 26.2 Å². The van der Waals surface area contributed by atoms with Crippen LogP contribution >= 0.6 is 0 Å². The van der Waals surface area contributed by atoms with Gasteiger partial charge in [-0.15, -0.1) is 0 Å². The van der Waals surface area contributed by atoms with Crippen LogP contribution in [0.2, 0.25) is 0 Å². The van der Waals surface area contributed by atoms with Gasteiger partial charge in [-0.2, -0.15) is 4.31 Å². The van der Waals surface area contributed by atoms with Gasteiger partial charge in [-0.1, -0.05) is 23.4 Å². The number of sulfonamides is 1. The number of benzene rings is 1. The van der Waals surface area contributed by atoms with E-state index < -0.39 is 10.0 Å². The lowest BCUT2D eigenvalue weighted by Crippen LogP contribution is -2.48. The summed E-state index contributed by atoms with van der Waals surface area (Å²) in [5.41, 5.74) is 2.79. The molecule has 0 bridgehead atoms. The molecule has 0 spiro atoms. The summed E-state index contributed by atoms with van der Waals surface area (Å²) < 4.78 is 32.4. The predicted molar refractivity (Wildman–Crippen MR) is 91.2 cm³/mol. The number of nitrogens with zero attached hydrogens (tertiary/aromatic N) is 3. The van der Waals surface area contributed by atoms with Crippen LogP contribution in [0.5, 0.6) is 0 Å². The van der Waals surface area contributed by atoms with Crippen molar-refractivity contribution in [1.82, 2.24) is 14.4 Å². The van der Waals surface area contributed by atoms with Crippen molar-refractivity contribution < 1.29 is 12.9 Å². The highest BCUT2D eigenvalue weighted by atomic mass is 32.2. The van der Waals surface area contributed by atoms with E-state index in [0.717, 1.165) is 29.1 Å². The molecule has 0 atom stereocenters. The van der Waals surface area contributed by atoms with Crippen molar-refractivity contribution in [2.24, 2.45) is 0 Å². The Morgan fingerprint density at radius 2 is 1.75 bits per heavy atom. The van der Waals surface area contributed by atoms with Crippen LogP contribution in [0.1, 0.15) is 22.6 Å². The van der Waals surface area contributed by atoms with Gasteiger partial charge in [-0.25, -0.2) is 8.42 Å². The Labute approximate surface area is 143 Å². The zero-order chi connectivity index (χ0) is 17.3. The Bertz CT molecular complexity index is 802. The Hall–Kier alpha value is -1.70. The van der Waals surface area contributed by atoms with Crippen LogP contribution in [0, 0.1) is 20.8 Å². The highest BCUT2D eigenvalue weighted by Gasteiger charge is 2.29. The van der Waals surface area contributed by atoms with Crippen molar-refractivity contribution in [3.8, 4) is 0 Å². The maximum absolute atomic E-state index is 12.8. The Morgan fingerprint density at radius 3 is 2.33 bits per heavy atom. The fourth-order valence-corrected chi connectivity index (χ4v) is 4.71. The van der Waals surface area contributed by atoms with E-state index >= 15 is 0 Å². The van der Waals surface area contributed by atoms with Gasteiger partial charge in [0.1, 0.15) is 5.76 Å². The van der Waals surface area contributed by atoms with E-state index in [1.165, 1.54) is 0 Å². The van der Waals surface area contributed by atoms with Crippen LogP contribution in [0.25, 0.3) is 0 Å². The summed E-state index contributed by atoms with van der Waals surface area (Å²) in [7, 11) is -3.42. The molecule has 1 aromatic carbocycles. The third kappa shape index (κ3) is 3.24. The second-order valence-electron chi connectivity index (χ2n) is 6.25. The lowest BCUT2D eigenvalue weighted by Gasteiger charge is -2.34. The topological polar surface area (TPSA) is 66.7 Å². The molecule has 24 heavy (non-hydrogen) atoms. The third-order valence-corrected chi connectivity index (χ3v) is 6.66. The second-order valence-corrected chi connectivity index (χ2v) is 8.15. The molecule has 130 valence electrons. The number of hydrogen-bond acceptors (Lipinski definition) is 5. The van der Waals surface area contributed by atoms with Crippen LogP contribution in [0.15, 0.2) is 33.7 Å². The van der Waals surface area contributed by atoms with E-state index in [2.05, 4.69) is 10.1 Å². The molecule has 1 aliphatic heterocycles. The Kier molecular flexibility index (Phi) is 4.76. The molecule has 6 nitrogen and oxygen atoms in total. The minimum atomic E-state index is -3.42. The molecule has 0 unspecified atom stereocenters. The molecule has 7 heteroatoms. The van der Waals surface area contributed by atoms with Crippen LogP contribution < -0.4 is 0 Å². The quantitative estimate of drug-likeness (QED) is 0.846. The first-order valence-corrected chi connectivity index (χ1v) is 9.53. The summed E-state index contributed by atoms with van der Waals surface area (Å²) >= 11 is 0. The molecule has 1 saturated heterocycles. The average Bonchev–Trinajstić information content (AvgIpc) is 2.87. The van der Waals surface area contributed by atoms with Crippen molar-refractivity contribution in [2.45, 2.75) is 32.2 Å². The summed E-state index contributed by atoms with van der Waals surface area (Å²) in [6, 6.07) is 7.14. The molecule has 0 saturated carbocycles. The van der Waals surface area contributed by atoms with Crippen molar-refractivity contribution in [3.05, 3.63) is 46.8 Å². The van der Waals surface area contributed by atoms with Gasteiger partial charge in [0.25, 0.3) is 0 Å². The van der Waals surface area contributed by atoms with Crippen molar-refractivity contribution >= 4 is 10.0 Å². The van der Waals surface area contributed by atoms with E-state index in [1.807, 2.05) is 32.9 Å². The van der Waals surface area contributed by atoms with E-state index in [0.29, 0.717) is 31.1 Å². The number of rotatable bonds is 4. The van der Waals surface area contributed by atoms with Gasteiger partial charge in [-0.05, 0) is 32.4 Å². The molecule has 0 aliphatic carbocycles. The monoisotopic (exact) mass is 349 g/mol. The maximum Gasteiger partial charge on any atom is 0.243 e. The highest BCUT2D eigenvalue weighted by Crippen LogP contribution is 2.22. The van der Waals surface area contributed by atoms with Crippen molar-refractivity contribution in [1.29, 1.82) is 0 Å². The van der Waals surface area contributed by atoms with Crippen molar-refractivity contribution in [3.63, 3.8) is 0 Å². The fraction of sp³-hybridized carbons (Fsp3) is 0.471. The molecule has 0 amide bonds. The molecular weight excluding hydrogens is 326 g/mol. The molecule has 1 aliphatic rings. The lowest BCUT2D eigenvalue weighted by atomic mass is 10.2. The van der Waals surface area contributed by atoms with Crippen LogP contribution in [0.4, 0.5) is 0 Å². The van der Waals surface area contributed by atoms with Gasteiger partial charge in [-0.3, -0.25) is 4.90 Å². The number of aromatic nitrogens is 1. The van der Waals surface area contributed by atoms with Gasteiger partial charge < -0.3 is 4.52 Å². The van der Waals surface area contributed by atoms with Gasteiger partial charge in [0, 0.05) is 38.3 Å². The maximum atomic E-state index is 12.8. The Morgan fingerprint density at radius 1 is 1.08 bits per heavy atom. The Balaban J connectivity index is 1.68. The summed E-state index contributed by atoms with van der Waals surface area (Å²) in [5.74, 6) is 0.836. The fourth-order valence-electron chi connectivity index (χ4n) is 3.06. The van der Waals surface area contributed by atoms with Gasteiger partial charge in [0.05, 0.1) is 10.6 Å². The number of aryl methyl sites for hydroxylation is 3. The summed E-state index contributed by atoms with van der Waals surface area (Å²) in [6.45, 7) is 8.84. The number of piperazine rings is 1. The van der Waals surface area contributed by atoms with Gasteiger partial charge in [0.15, 0.2) is 0 Å². The lowest BCUT2D eigenvalue weighted by molar-refractivity contribution is 0.180. The minimum absolute atomic E-state index is 0.407. The normalized spacial score (nSPS) is 17.3. The molecular formula is C17H23N3O3S. The summed E-state index contributed by atoms with van der Waals surface area (Å²) in [5, 5.41) is 3.98. The molecule has 2 heterocycles. The SMILES string of the molecule is Cc1ccccc1S(=O)(=O)N1CCN(Cc2c(C)noc2C)CC1. The molecule has 0 N–H and O–H groups in total. The first-order valence-electron chi connectivity index (χ1n) is 8.09. The molecule has 3 rings (SSSR count). The number of hydrogen-bond donors (Lipinski definition) is 0.